The Morgan fingerprint density at radius 2 is 1.85 bits per heavy atom. The van der Waals surface area contributed by atoms with E-state index in [0.717, 1.165) is 22.1 Å². The van der Waals surface area contributed by atoms with E-state index in [0.29, 0.717) is 28.4 Å². The third-order valence-electron chi connectivity index (χ3n) is 5.75. The van der Waals surface area contributed by atoms with Gasteiger partial charge in [-0.25, -0.2) is 14.3 Å². The average Bonchev–Trinajstić information content (AvgIpc) is 3.05. The van der Waals surface area contributed by atoms with Gasteiger partial charge in [0, 0.05) is 22.0 Å². The highest BCUT2D eigenvalue weighted by molar-refractivity contribution is 6.33. The van der Waals surface area contributed by atoms with Crippen molar-refractivity contribution >= 4 is 40.1 Å². The van der Waals surface area contributed by atoms with Gasteiger partial charge in [-0.1, -0.05) is 55.2 Å². The third kappa shape index (κ3) is 4.74. The van der Waals surface area contributed by atoms with Gasteiger partial charge in [-0.15, -0.1) is 0 Å². The molecule has 176 valence electrons. The Morgan fingerprint density at radius 3 is 2.56 bits per heavy atom. The van der Waals surface area contributed by atoms with E-state index in [-0.39, 0.29) is 23.2 Å². The highest BCUT2D eigenvalue weighted by Crippen LogP contribution is 2.28. The number of carbonyl (C=O) groups is 1. The first kappa shape index (κ1) is 24.0. The lowest BCUT2D eigenvalue weighted by Crippen LogP contribution is -2.09. The summed E-state index contributed by atoms with van der Waals surface area (Å²) in [5.41, 5.74) is 4.14. The van der Waals surface area contributed by atoms with Gasteiger partial charge in [0.25, 0.3) is 0 Å². The average molecular weight is 499 g/mol. The second-order valence-electron chi connectivity index (χ2n) is 8.53. The summed E-state index contributed by atoms with van der Waals surface area (Å²) >= 11 is 12.7. The zero-order valence-electron chi connectivity index (χ0n) is 19.3. The van der Waals surface area contributed by atoms with Gasteiger partial charge in [0.2, 0.25) is 0 Å². The van der Waals surface area contributed by atoms with Crippen molar-refractivity contribution in [2.45, 2.75) is 46.8 Å². The lowest BCUT2D eigenvalue weighted by molar-refractivity contribution is 0.0473. The molecule has 8 heteroatoms. The zero-order chi connectivity index (χ0) is 24.6. The molecule has 0 spiro atoms. The van der Waals surface area contributed by atoms with Crippen molar-refractivity contribution in [3.05, 3.63) is 96.6 Å². The number of halogens is 2. The van der Waals surface area contributed by atoms with Crippen LogP contribution in [0.3, 0.4) is 0 Å². The Hall–Kier alpha value is -3.09. The maximum Gasteiger partial charge on any atom is 0.343 e. The Labute approximate surface area is 207 Å². The molecule has 4 rings (SSSR count). The Bertz CT molecular complexity index is 1450. The van der Waals surface area contributed by atoms with Gasteiger partial charge in [-0.3, -0.25) is 0 Å². The standard InChI is InChI=1S/C26H24Cl2N2O4/c1-14(2)19-11-20-18(10-23(31)34-22(20)9-15(19)3)13-33-26(32)24-16(4)29-30(25(24)28)12-17-7-5-6-8-21(17)27/h5-11,14H,12-13H2,1-4H3. The van der Waals surface area contributed by atoms with Crippen LogP contribution in [0.5, 0.6) is 0 Å². The van der Waals surface area contributed by atoms with Gasteiger partial charge < -0.3 is 9.15 Å². The van der Waals surface area contributed by atoms with Crippen molar-refractivity contribution in [2.75, 3.05) is 0 Å². The molecular weight excluding hydrogens is 475 g/mol. The van der Waals surface area contributed by atoms with Crippen LogP contribution < -0.4 is 5.63 Å². The summed E-state index contributed by atoms with van der Waals surface area (Å²) in [5.74, 6) is -0.331. The number of fused-ring (bicyclic) bond motifs is 1. The predicted molar refractivity (Wildman–Crippen MR) is 133 cm³/mol. The smallest absolute Gasteiger partial charge is 0.343 e. The lowest BCUT2D eigenvalue weighted by atomic mass is 9.95. The predicted octanol–water partition coefficient (Wildman–Crippen LogP) is 6.44. The Kier molecular flexibility index (Phi) is 6.82. The molecular formula is C26H24Cl2N2O4. The summed E-state index contributed by atoms with van der Waals surface area (Å²) in [6.45, 7) is 8.07. The largest absolute Gasteiger partial charge is 0.457 e. The van der Waals surface area contributed by atoms with Crippen LogP contribution in [-0.4, -0.2) is 15.7 Å². The number of esters is 1. The highest BCUT2D eigenvalue weighted by atomic mass is 35.5. The first-order valence-corrected chi connectivity index (χ1v) is 11.6. The maximum absolute atomic E-state index is 13.0. The number of ether oxygens (including phenoxy) is 1. The molecule has 0 radical (unpaired) electrons. The fraction of sp³-hybridized carbons (Fsp3) is 0.269. The van der Waals surface area contributed by atoms with E-state index in [9.17, 15) is 9.59 Å². The Balaban J connectivity index is 1.61. The maximum atomic E-state index is 13.0. The normalized spacial score (nSPS) is 11.4. The molecule has 34 heavy (non-hydrogen) atoms. The third-order valence-corrected chi connectivity index (χ3v) is 6.50. The number of rotatable bonds is 6. The van der Waals surface area contributed by atoms with Crippen LogP contribution in [0.1, 0.15) is 58.1 Å². The van der Waals surface area contributed by atoms with E-state index in [4.69, 9.17) is 32.4 Å². The molecule has 2 aromatic heterocycles. The van der Waals surface area contributed by atoms with Gasteiger partial charge in [0.15, 0.2) is 0 Å². The van der Waals surface area contributed by atoms with Gasteiger partial charge in [-0.05, 0) is 54.7 Å². The van der Waals surface area contributed by atoms with Crippen molar-refractivity contribution in [1.82, 2.24) is 9.78 Å². The van der Waals surface area contributed by atoms with Crippen molar-refractivity contribution in [3.8, 4) is 0 Å². The minimum atomic E-state index is -0.620. The summed E-state index contributed by atoms with van der Waals surface area (Å²) in [6.07, 6.45) is 0. The Morgan fingerprint density at radius 1 is 1.12 bits per heavy atom. The van der Waals surface area contributed by atoms with Gasteiger partial charge in [0.1, 0.15) is 22.9 Å². The van der Waals surface area contributed by atoms with Crippen molar-refractivity contribution < 1.29 is 13.9 Å². The van der Waals surface area contributed by atoms with Crippen molar-refractivity contribution in [1.29, 1.82) is 0 Å². The molecule has 0 saturated heterocycles. The molecule has 0 fully saturated rings. The van der Waals surface area contributed by atoms with Gasteiger partial charge >= 0.3 is 11.6 Å². The highest BCUT2D eigenvalue weighted by Gasteiger charge is 2.23. The topological polar surface area (TPSA) is 74.3 Å². The quantitative estimate of drug-likeness (QED) is 0.225. The van der Waals surface area contributed by atoms with Crippen LogP contribution >= 0.6 is 23.2 Å². The van der Waals surface area contributed by atoms with E-state index in [1.54, 1.807) is 13.0 Å². The monoisotopic (exact) mass is 498 g/mol. The molecule has 0 atom stereocenters. The van der Waals surface area contributed by atoms with Gasteiger partial charge in [0.05, 0.1) is 12.2 Å². The minimum Gasteiger partial charge on any atom is -0.457 e. The number of benzene rings is 2. The van der Waals surface area contributed by atoms with Gasteiger partial charge in [-0.2, -0.15) is 5.10 Å². The van der Waals surface area contributed by atoms with Crippen LogP contribution in [0.25, 0.3) is 11.0 Å². The van der Waals surface area contributed by atoms with E-state index in [2.05, 4.69) is 18.9 Å². The molecule has 2 aromatic carbocycles. The molecule has 0 N–H and O–H groups in total. The summed E-state index contributed by atoms with van der Waals surface area (Å²) in [5, 5.41) is 5.87. The van der Waals surface area contributed by atoms with Crippen LogP contribution in [0.15, 0.2) is 51.7 Å². The first-order valence-electron chi connectivity index (χ1n) is 10.9. The molecule has 6 nitrogen and oxygen atoms in total. The molecule has 0 amide bonds. The van der Waals surface area contributed by atoms with Crippen LogP contribution in [0.4, 0.5) is 0 Å². The van der Waals surface area contributed by atoms with E-state index >= 15 is 0 Å². The zero-order valence-corrected chi connectivity index (χ0v) is 20.8. The summed E-state index contributed by atoms with van der Waals surface area (Å²) in [6, 6.07) is 12.5. The second kappa shape index (κ2) is 9.65. The molecule has 2 heterocycles. The number of hydrogen-bond donors (Lipinski definition) is 0. The molecule has 0 aliphatic heterocycles. The molecule has 0 saturated carbocycles. The molecule has 0 aliphatic carbocycles. The number of carbonyl (C=O) groups excluding carboxylic acids is 1. The number of nitrogens with zero attached hydrogens (tertiary/aromatic N) is 2. The summed E-state index contributed by atoms with van der Waals surface area (Å²) < 4.78 is 12.5. The van der Waals surface area contributed by atoms with Crippen LogP contribution in [-0.2, 0) is 17.9 Å². The first-order chi connectivity index (χ1) is 16.2. The second-order valence-corrected chi connectivity index (χ2v) is 9.29. The van der Waals surface area contributed by atoms with Crippen molar-refractivity contribution in [3.63, 3.8) is 0 Å². The number of aromatic nitrogens is 2. The van der Waals surface area contributed by atoms with Crippen molar-refractivity contribution in [2.24, 2.45) is 0 Å². The van der Waals surface area contributed by atoms with E-state index in [1.165, 1.54) is 10.7 Å². The van der Waals surface area contributed by atoms with E-state index < -0.39 is 11.6 Å². The minimum absolute atomic E-state index is 0.104. The number of aryl methyl sites for hydroxylation is 2. The molecule has 0 aliphatic rings. The van der Waals surface area contributed by atoms with Crippen LogP contribution in [0, 0.1) is 13.8 Å². The van der Waals surface area contributed by atoms with Crippen LogP contribution in [0.2, 0.25) is 10.2 Å². The SMILES string of the molecule is Cc1cc2oc(=O)cc(COC(=O)c3c(C)nn(Cc4ccccc4Cl)c3Cl)c2cc1C(C)C. The summed E-state index contributed by atoms with van der Waals surface area (Å²) in [7, 11) is 0. The lowest BCUT2D eigenvalue weighted by Gasteiger charge is -2.13. The fourth-order valence-electron chi connectivity index (χ4n) is 4.03. The molecule has 0 bridgehead atoms. The molecule has 0 unspecified atom stereocenters. The molecule has 4 aromatic rings. The number of hydrogen-bond acceptors (Lipinski definition) is 5. The van der Waals surface area contributed by atoms with E-state index in [1.807, 2.05) is 37.3 Å². The fourth-order valence-corrected chi connectivity index (χ4v) is 4.53. The summed E-state index contributed by atoms with van der Waals surface area (Å²) in [4.78, 5) is 25.1.